The maximum absolute atomic E-state index is 6.61. The zero-order valence-corrected chi connectivity index (χ0v) is 38.5. The zero-order chi connectivity index (χ0) is 40.7. The molecule has 0 radical (unpaired) electrons. The molecule has 4 heterocycles. The molecule has 5 nitrogen and oxygen atoms in total. The molecule has 0 unspecified atom stereocenters. The molecule has 9 aromatic rings. The monoisotopic (exact) mass is 979 g/mol. The summed E-state index contributed by atoms with van der Waals surface area (Å²) in [6.45, 7) is 16.5. The second-order valence-corrected chi connectivity index (χ2v) is 23.1. The fraction of sp³-hybridized carbons (Fsp3) is 0.208. The van der Waals surface area contributed by atoms with Crippen molar-refractivity contribution in [2.75, 3.05) is 0 Å². The third kappa shape index (κ3) is 6.75. The first kappa shape index (κ1) is 39.9. The quantitative estimate of drug-likeness (QED) is 0.0945. The minimum Gasteiger partial charge on any atom is -0.510 e. The van der Waals surface area contributed by atoms with Gasteiger partial charge in [0.05, 0.1) is 24.6 Å². The van der Waals surface area contributed by atoms with E-state index in [1.807, 2.05) is 30.5 Å². The summed E-state index contributed by atoms with van der Waals surface area (Å²) < 4.78 is 13.1. The summed E-state index contributed by atoms with van der Waals surface area (Å²) in [7, 11) is -1.81. The van der Waals surface area contributed by atoms with Gasteiger partial charge in [0.1, 0.15) is 5.82 Å². The van der Waals surface area contributed by atoms with E-state index >= 15 is 0 Å². The molecule has 60 heavy (non-hydrogen) atoms. The molecular formula is C53H48N4OPtSi-2. The Morgan fingerprint density at radius 2 is 1.47 bits per heavy atom. The van der Waals surface area contributed by atoms with Crippen molar-refractivity contribution in [2.45, 2.75) is 71.1 Å². The number of para-hydroxylation sites is 3. The van der Waals surface area contributed by atoms with Gasteiger partial charge in [-0.1, -0.05) is 129 Å². The molecule has 3 aromatic heterocycles. The third-order valence-electron chi connectivity index (χ3n) is 12.3. The van der Waals surface area contributed by atoms with Gasteiger partial charge in [-0.2, -0.15) is 18.2 Å². The second kappa shape index (κ2) is 14.9. The number of fused-ring (bicyclic) bond motifs is 5. The van der Waals surface area contributed by atoms with E-state index in [-0.39, 0.29) is 32.0 Å². The van der Waals surface area contributed by atoms with Gasteiger partial charge in [-0.05, 0) is 89.2 Å². The minimum absolute atomic E-state index is 0. The van der Waals surface area contributed by atoms with Crippen LogP contribution >= 0.6 is 0 Å². The molecule has 1 aliphatic rings. The number of nitrogens with zero attached hydrogens (tertiary/aromatic N) is 4. The maximum atomic E-state index is 6.61. The standard InChI is InChI=1S/C53H48N4OSi.Pt/c1-52(2,3)56-35-55(46-22-13-14-23-47(46)56)38-18-15-19-39(33-38)58-40-24-25-43-42-20-11-12-21-45(42)57(48(43)34-40)49-32-37(28-30-54-49)50-41(36-16-9-8-10-17-36)26-27-44-51(50)59(6,7)31-29-53(44,4)5;/h8-28,30,32H,29,31H2,1-7H3;/q-2;. The van der Waals surface area contributed by atoms with Gasteiger partial charge in [0.2, 0.25) is 6.33 Å². The summed E-state index contributed by atoms with van der Waals surface area (Å²) in [6, 6.07) is 55.8. The van der Waals surface area contributed by atoms with E-state index in [1.165, 1.54) is 40.3 Å². The van der Waals surface area contributed by atoms with Crippen LogP contribution in [0.15, 0.2) is 140 Å². The third-order valence-corrected chi connectivity index (χ3v) is 15.7. The summed E-state index contributed by atoms with van der Waals surface area (Å²) in [5.41, 5.74) is 11.5. The van der Waals surface area contributed by atoms with Crippen LogP contribution < -0.4 is 14.5 Å². The van der Waals surface area contributed by atoms with Crippen LogP contribution in [0, 0.1) is 18.5 Å². The predicted octanol–water partition coefficient (Wildman–Crippen LogP) is 12.3. The Balaban J connectivity index is 0.00000462. The van der Waals surface area contributed by atoms with Crippen molar-refractivity contribution in [1.82, 2.24) is 14.1 Å². The average Bonchev–Trinajstić information content (AvgIpc) is 3.79. The Hall–Kier alpha value is -5.55. The van der Waals surface area contributed by atoms with Gasteiger partial charge < -0.3 is 18.4 Å². The molecule has 7 heteroatoms. The van der Waals surface area contributed by atoms with Crippen molar-refractivity contribution in [2.24, 2.45) is 0 Å². The molecule has 10 rings (SSSR count). The largest absolute Gasteiger partial charge is 0.510 e. The van der Waals surface area contributed by atoms with Gasteiger partial charge in [-0.25, -0.2) is 4.98 Å². The van der Waals surface area contributed by atoms with Crippen LogP contribution in [-0.2, 0) is 32.0 Å². The smallest absolute Gasteiger partial charge is 0.243 e. The van der Waals surface area contributed by atoms with Gasteiger partial charge in [-0.3, -0.25) is 0 Å². The van der Waals surface area contributed by atoms with Crippen LogP contribution in [0.3, 0.4) is 0 Å². The van der Waals surface area contributed by atoms with E-state index in [4.69, 9.17) is 9.72 Å². The number of hydrogen-bond donors (Lipinski definition) is 0. The second-order valence-electron chi connectivity index (χ2n) is 18.3. The fourth-order valence-corrected chi connectivity index (χ4v) is 12.9. The van der Waals surface area contributed by atoms with E-state index < -0.39 is 8.07 Å². The molecule has 0 atom stereocenters. The van der Waals surface area contributed by atoms with Gasteiger partial charge in [0.25, 0.3) is 0 Å². The Labute approximate surface area is 368 Å². The van der Waals surface area contributed by atoms with Crippen LogP contribution in [0.5, 0.6) is 11.5 Å². The predicted molar refractivity (Wildman–Crippen MR) is 244 cm³/mol. The zero-order valence-electron chi connectivity index (χ0n) is 35.2. The molecule has 0 amide bonds. The number of aromatic nitrogens is 4. The molecule has 302 valence electrons. The molecule has 0 fully saturated rings. The summed E-state index contributed by atoms with van der Waals surface area (Å²) in [4.78, 5) is 5.09. The van der Waals surface area contributed by atoms with Gasteiger partial charge in [0, 0.05) is 44.3 Å². The van der Waals surface area contributed by atoms with Crippen molar-refractivity contribution >= 4 is 46.1 Å². The first-order chi connectivity index (χ1) is 28.4. The van der Waals surface area contributed by atoms with Crippen LogP contribution in [0.2, 0.25) is 19.1 Å². The van der Waals surface area contributed by atoms with Crippen molar-refractivity contribution < 1.29 is 30.4 Å². The van der Waals surface area contributed by atoms with E-state index in [0.29, 0.717) is 11.5 Å². The SMILES string of the molecule is CC1(C)CC[Si](C)(C)c2c1ccc(-c1ccccc1)c2-c1ccnc(-n2c3[c-]c(Oc4[c-]c(-n5[c-][n+](C(C)(C)C)c6ccccc65)ccc4)ccc3c3ccccc32)c1.[Pt]. The van der Waals surface area contributed by atoms with E-state index in [2.05, 4.69) is 189 Å². The van der Waals surface area contributed by atoms with E-state index in [1.54, 1.807) is 5.19 Å². The van der Waals surface area contributed by atoms with Crippen molar-refractivity contribution in [3.63, 3.8) is 0 Å². The van der Waals surface area contributed by atoms with Gasteiger partial charge in [-0.15, -0.1) is 29.7 Å². The summed E-state index contributed by atoms with van der Waals surface area (Å²) in [5.74, 6) is 2.06. The molecule has 0 saturated heterocycles. The Morgan fingerprint density at radius 3 is 2.27 bits per heavy atom. The van der Waals surface area contributed by atoms with Crippen molar-refractivity contribution in [3.05, 3.63) is 164 Å². The van der Waals surface area contributed by atoms with E-state index in [9.17, 15) is 0 Å². The first-order valence-electron chi connectivity index (χ1n) is 20.7. The number of hydrogen-bond acceptors (Lipinski definition) is 2. The maximum Gasteiger partial charge on any atom is 0.243 e. The van der Waals surface area contributed by atoms with Crippen LogP contribution in [0.25, 0.3) is 66.6 Å². The number of ether oxygens (including phenoxy) is 1. The summed E-state index contributed by atoms with van der Waals surface area (Å²) >= 11 is 0. The van der Waals surface area contributed by atoms with Crippen LogP contribution in [-0.4, -0.2) is 22.2 Å². The molecular weight excluding hydrogens is 932 g/mol. The molecule has 0 spiro atoms. The number of imidazole rings is 1. The summed E-state index contributed by atoms with van der Waals surface area (Å²) in [6.07, 6.45) is 6.78. The summed E-state index contributed by atoms with van der Waals surface area (Å²) in [5, 5.41) is 3.81. The van der Waals surface area contributed by atoms with Crippen LogP contribution in [0.1, 0.15) is 46.6 Å². The van der Waals surface area contributed by atoms with Crippen molar-refractivity contribution in [1.29, 1.82) is 0 Å². The fourth-order valence-electron chi connectivity index (χ4n) is 9.27. The molecule has 0 N–H and O–H groups in total. The molecule has 0 saturated carbocycles. The number of rotatable bonds is 6. The van der Waals surface area contributed by atoms with Gasteiger partial charge in [0.15, 0.2) is 0 Å². The number of pyridine rings is 1. The minimum atomic E-state index is -1.81. The van der Waals surface area contributed by atoms with E-state index in [0.717, 1.165) is 44.3 Å². The Kier molecular flexibility index (Phi) is 9.88. The van der Waals surface area contributed by atoms with Gasteiger partial charge >= 0.3 is 0 Å². The molecule has 6 aromatic carbocycles. The normalized spacial score (nSPS) is 14.6. The topological polar surface area (TPSA) is 35.9 Å². The molecule has 0 bridgehead atoms. The van der Waals surface area contributed by atoms with Crippen molar-refractivity contribution in [3.8, 4) is 45.3 Å². The van der Waals surface area contributed by atoms with Crippen LogP contribution in [0.4, 0.5) is 0 Å². The molecule has 0 aliphatic carbocycles. The number of benzene rings is 6. The molecule has 1 aliphatic heterocycles. The Morgan fingerprint density at radius 1 is 0.733 bits per heavy atom. The Bertz CT molecular complexity index is 3080. The average molecular weight is 980 g/mol. The first-order valence-corrected chi connectivity index (χ1v) is 23.9.